The molecule has 0 heterocycles. The molecular formula is C19H15F4N. The van der Waals surface area contributed by atoms with E-state index >= 15 is 0 Å². The Kier molecular flexibility index (Phi) is 4.53. The van der Waals surface area contributed by atoms with Crippen molar-refractivity contribution < 1.29 is 17.6 Å². The van der Waals surface area contributed by atoms with Gasteiger partial charge in [0.2, 0.25) is 0 Å². The molecule has 1 nitrogen and oxygen atoms in total. The largest absolute Gasteiger partial charge is 0.308 e. The molecule has 0 aliphatic rings. The van der Waals surface area contributed by atoms with Gasteiger partial charge in [0.15, 0.2) is 17.5 Å². The van der Waals surface area contributed by atoms with Crippen molar-refractivity contribution in [3.05, 3.63) is 82.4 Å². The molecule has 5 heteroatoms. The fraction of sp³-hybridized carbons (Fsp3) is 0.158. The molecule has 24 heavy (non-hydrogen) atoms. The predicted octanol–water partition coefficient (Wildman–Crippen LogP) is 4.99. The highest BCUT2D eigenvalue weighted by Crippen LogP contribution is 2.24. The zero-order valence-electron chi connectivity index (χ0n) is 13.0. The number of benzene rings is 3. The van der Waals surface area contributed by atoms with Crippen LogP contribution in [0.3, 0.4) is 0 Å². The van der Waals surface area contributed by atoms with Crippen molar-refractivity contribution in [1.29, 1.82) is 0 Å². The summed E-state index contributed by atoms with van der Waals surface area (Å²) in [5, 5.41) is 4.97. The first kappa shape index (κ1) is 16.5. The minimum Gasteiger partial charge on any atom is -0.308 e. The summed E-state index contributed by atoms with van der Waals surface area (Å²) in [4.78, 5) is 0. The lowest BCUT2D eigenvalue weighted by molar-refractivity contribution is 0.415. The average molecular weight is 333 g/mol. The molecule has 0 fully saturated rings. The van der Waals surface area contributed by atoms with Gasteiger partial charge in [-0.25, -0.2) is 17.6 Å². The van der Waals surface area contributed by atoms with Gasteiger partial charge in [0.1, 0.15) is 5.82 Å². The Bertz CT molecular complexity index is 871. The Labute approximate surface area is 136 Å². The van der Waals surface area contributed by atoms with Gasteiger partial charge in [-0.2, -0.15) is 0 Å². The zero-order valence-corrected chi connectivity index (χ0v) is 13.0. The van der Waals surface area contributed by atoms with Crippen LogP contribution in [0.4, 0.5) is 17.6 Å². The third kappa shape index (κ3) is 2.87. The number of nitrogens with one attached hydrogen (secondary N) is 1. The topological polar surface area (TPSA) is 12.0 Å². The van der Waals surface area contributed by atoms with Crippen LogP contribution >= 0.6 is 0 Å². The van der Waals surface area contributed by atoms with E-state index in [4.69, 9.17) is 0 Å². The van der Waals surface area contributed by atoms with E-state index in [0.717, 1.165) is 23.3 Å². The second-order valence-electron chi connectivity index (χ2n) is 5.60. The van der Waals surface area contributed by atoms with E-state index in [1.165, 1.54) is 0 Å². The van der Waals surface area contributed by atoms with E-state index in [2.05, 4.69) is 5.32 Å². The number of rotatable bonds is 4. The van der Waals surface area contributed by atoms with Gasteiger partial charge < -0.3 is 5.32 Å². The predicted molar refractivity (Wildman–Crippen MR) is 85.5 cm³/mol. The lowest BCUT2D eigenvalue weighted by atomic mass is 10.0. The Morgan fingerprint density at radius 2 is 1.46 bits per heavy atom. The number of hydrogen-bond acceptors (Lipinski definition) is 1. The molecular weight excluding hydrogens is 318 g/mol. The monoisotopic (exact) mass is 333 g/mol. The maximum atomic E-state index is 14.0. The summed E-state index contributed by atoms with van der Waals surface area (Å²) in [6, 6.07) is 13.5. The first-order valence-corrected chi connectivity index (χ1v) is 7.49. The highest BCUT2D eigenvalue weighted by molar-refractivity contribution is 5.85. The third-order valence-corrected chi connectivity index (χ3v) is 4.07. The summed E-state index contributed by atoms with van der Waals surface area (Å²) < 4.78 is 54.5. The van der Waals surface area contributed by atoms with Crippen LogP contribution < -0.4 is 5.32 Å². The number of halogens is 4. The van der Waals surface area contributed by atoms with Crippen LogP contribution in [-0.2, 0) is 13.1 Å². The Hall–Kier alpha value is -2.40. The van der Waals surface area contributed by atoms with Crippen LogP contribution in [0.5, 0.6) is 0 Å². The van der Waals surface area contributed by atoms with Crippen molar-refractivity contribution in [2.45, 2.75) is 20.0 Å². The summed E-state index contributed by atoms with van der Waals surface area (Å²) in [7, 11) is 0. The first-order chi connectivity index (χ1) is 11.5. The second kappa shape index (κ2) is 6.61. The summed E-state index contributed by atoms with van der Waals surface area (Å²) in [5.41, 5.74) is -0.0595. The molecule has 124 valence electrons. The molecule has 1 N–H and O–H groups in total. The van der Waals surface area contributed by atoms with E-state index in [9.17, 15) is 17.6 Å². The second-order valence-corrected chi connectivity index (χ2v) is 5.60. The van der Waals surface area contributed by atoms with Gasteiger partial charge in [-0.3, -0.25) is 0 Å². The lowest BCUT2D eigenvalue weighted by Crippen LogP contribution is -2.17. The van der Waals surface area contributed by atoms with Gasteiger partial charge in [0.25, 0.3) is 0 Å². The van der Waals surface area contributed by atoms with Crippen LogP contribution in [0.15, 0.2) is 42.5 Å². The van der Waals surface area contributed by atoms with E-state index < -0.39 is 34.4 Å². The lowest BCUT2D eigenvalue weighted by Gasteiger charge is -2.12. The molecule has 0 aliphatic heterocycles. The summed E-state index contributed by atoms with van der Waals surface area (Å²) in [5.74, 6) is -5.67. The van der Waals surface area contributed by atoms with Crippen molar-refractivity contribution in [3.63, 3.8) is 0 Å². The Balaban J connectivity index is 1.82. The summed E-state index contributed by atoms with van der Waals surface area (Å²) in [6.45, 7) is 1.19. The SMILES string of the molecule is Cc1c(F)c(F)c(F)c(CNCc2cccc3ccccc23)c1F. The standard InChI is InChI=1S/C19H15F4N/c1-11-16(20)15(18(22)19(23)17(11)21)10-24-9-13-7-4-6-12-5-2-3-8-14(12)13/h2-8,24H,9-10H2,1H3. The minimum absolute atomic E-state index is 0.237. The number of fused-ring (bicyclic) bond motifs is 1. The molecule has 3 aromatic rings. The molecule has 0 spiro atoms. The van der Waals surface area contributed by atoms with E-state index in [1.54, 1.807) is 0 Å². The van der Waals surface area contributed by atoms with Crippen LogP contribution in [0, 0.1) is 30.2 Å². The molecule has 0 aliphatic carbocycles. The molecule has 0 atom stereocenters. The summed E-state index contributed by atoms with van der Waals surface area (Å²) in [6.07, 6.45) is 0. The molecule has 0 aromatic heterocycles. The van der Waals surface area contributed by atoms with Gasteiger partial charge >= 0.3 is 0 Å². The van der Waals surface area contributed by atoms with Gasteiger partial charge in [-0.15, -0.1) is 0 Å². The maximum Gasteiger partial charge on any atom is 0.195 e. The Morgan fingerprint density at radius 1 is 0.750 bits per heavy atom. The van der Waals surface area contributed by atoms with Crippen molar-refractivity contribution in [1.82, 2.24) is 5.32 Å². The molecule has 0 saturated heterocycles. The summed E-state index contributed by atoms with van der Waals surface area (Å²) >= 11 is 0. The fourth-order valence-corrected chi connectivity index (χ4v) is 2.74. The van der Waals surface area contributed by atoms with Crippen LogP contribution in [0.25, 0.3) is 10.8 Å². The fourth-order valence-electron chi connectivity index (χ4n) is 2.74. The molecule has 0 bridgehead atoms. The first-order valence-electron chi connectivity index (χ1n) is 7.49. The molecule has 0 saturated carbocycles. The molecule has 0 amide bonds. The number of hydrogen-bond donors (Lipinski definition) is 1. The van der Waals surface area contributed by atoms with Crippen LogP contribution in [0.2, 0.25) is 0 Å². The van der Waals surface area contributed by atoms with Gasteiger partial charge in [0, 0.05) is 24.2 Å². The molecule has 0 radical (unpaired) electrons. The zero-order chi connectivity index (χ0) is 17.3. The molecule has 3 aromatic carbocycles. The van der Waals surface area contributed by atoms with Crippen LogP contribution in [-0.4, -0.2) is 0 Å². The van der Waals surface area contributed by atoms with Crippen molar-refractivity contribution in [3.8, 4) is 0 Å². The van der Waals surface area contributed by atoms with Gasteiger partial charge in [-0.05, 0) is 23.3 Å². The normalized spacial score (nSPS) is 11.2. The van der Waals surface area contributed by atoms with Crippen LogP contribution in [0.1, 0.15) is 16.7 Å². The van der Waals surface area contributed by atoms with Crippen molar-refractivity contribution >= 4 is 10.8 Å². The third-order valence-electron chi connectivity index (χ3n) is 4.07. The van der Waals surface area contributed by atoms with E-state index in [-0.39, 0.29) is 6.54 Å². The van der Waals surface area contributed by atoms with E-state index in [1.807, 2.05) is 42.5 Å². The quantitative estimate of drug-likeness (QED) is 0.403. The average Bonchev–Trinajstić information content (AvgIpc) is 2.61. The minimum atomic E-state index is -1.64. The van der Waals surface area contributed by atoms with Gasteiger partial charge in [0.05, 0.1) is 0 Å². The highest BCUT2D eigenvalue weighted by Gasteiger charge is 2.22. The van der Waals surface area contributed by atoms with Crippen molar-refractivity contribution in [2.75, 3.05) is 0 Å². The highest BCUT2D eigenvalue weighted by atomic mass is 19.2. The molecule has 3 rings (SSSR count). The Morgan fingerprint density at radius 3 is 2.25 bits per heavy atom. The van der Waals surface area contributed by atoms with Gasteiger partial charge in [-0.1, -0.05) is 42.5 Å². The van der Waals surface area contributed by atoms with E-state index in [0.29, 0.717) is 6.54 Å². The smallest absolute Gasteiger partial charge is 0.195 e. The van der Waals surface area contributed by atoms with Crippen molar-refractivity contribution in [2.24, 2.45) is 0 Å². The molecule has 0 unspecified atom stereocenters. The maximum absolute atomic E-state index is 14.0.